The number of hydrogen-bond donors (Lipinski definition) is 1. The summed E-state index contributed by atoms with van der Waals surface area (Å²) in [6.45, 7) is 1.63. The standard InChI is InChI=1S/C18H24N2S/c1-20(13-7-10-15-8-4-3-5-9-15)17-11-6-12-18(21-2)16(17)14-19/h3-6,8-9,11-12H,7,10,13-14,19H2,1-2H3. The second-order valence-corrected chi connectivity index (χ2v) is 6.02. The van der Waals surface area contributed by atoms with Crippen LogP contribution in [-0.2, 0) is 13.0 Å². The monoisotopic (exact) mass is 300 g/mol. The Morgan fingerprint density at radius 2 is 1.81 bits per heavy atom. The summed E-state index contributed by atoms with van der Waals surface area (Å²) in [5.74, 6) is 0. The van der Waals surface area contributed by atoms with Crippen molar-refractivity contribution in [1.82, 2.24) is 0 Å². The highest BCUT2D eigenvalue weighted by molar-refractivity contribution is 7.98. The van der Waals surface area contributed by atoms with Crippen LogP contribution in [0.3, 0.4) is 0 Å². The maximum absolute atomic E-state index is 5.94. The third-order valence-electron chi connectivity index (χ3n) is 3.75. The molecule has 0 heterocycles. The molecule has 2 N–H and O–H groups in total. The van der Waals surface area contributed by atoms with Crippen LogP contribution in [0, 0.1) is 0 Å². The second kappa shape index (κ2) is 8.11. The van der Waals surface area contributed by atoms with Crippen molar-refractivity contribution in [3.05, 3.63) is 59.7 Å². The van der Waals surface area contributed by atoms with Crippen LogP contribution in [0.25, 0.3) is 0 Å². The molecule has 0 fully saturated rings. The van der Waals surface area contributed by atoms with Gasteiger partial charge >= 0.3 is 0 Å². The molecule has 2 rings (SSSR count). The van der Waals surface area contributed by atoms with Crippen LogP contribution in [0.5, 0.6) is 0 Å². The number of anilines is 1. The highest BCUT2D eigenvalue weighted by Crippen LogP contribution is 2.28. The van der Waals surface area contributed by atoms with Crippen LogP contribution in [0.1, 0.15) is 17.5 Å². The lowest BCUT2D eigenvalue weighted by Crippen LogP contribution is -2.21. The Morgan fingerprint density at radius 3 is 2.48 bits per heavy atom. The Balaban J connectivity index is 1.98. The highest BCUT2D eigenvalue weighted by atomic mass is 32.2. The van der Waals surface area contributed by atoms with Crippen molar-refractivity contribution < 1.29 is 0 Å². The van der Waals surface area contributed by atoms with Gasteiger partial charge in [-0.3, -0.25) is 0 Å². The lowest BCUT2D eigenvalue weighted by atomic mass is 10.1. The molecule has 0 saturated heterocycles. The lowest BCUT2D eigenvalue weighted by Gasteiger charge is -2.23. The number of hydrogen-bond acceptors (Lipinski definition) is 3. The zero-order valence-electron chi connectivity index (χ0n) is 12.9. The number of benzene rings is 2. The summed E-state index contributed by atoms with van der Waals surface area (Å²) in [4.78, 5) is 3.61. The van der Waals surface area contributed by atoms with Gasteiger partial charge in [-0.1, -0.05) is 36.4 Å². The summed E-state index contributed by atoms with van der Waals surface area (Å²) < 4.78 is 0. The molecular formula is C18H24N2S. The van der Waals surface area contributed by atoms with Gasteiger partial charge in [0.1, 0.15) is 0 Å². The highest BCUT2D eigenvalue weighted by Gasteiger charge is 2.10. The van der Waals surface area contributed by atoms with Crippen LogP contribution >= 0.6 is 11.8 Å². The fourth-order valence-electron chi connectivity index (χ4n) is 2.59. The zero-order valence-corrected chi connectivity index (χ0v) is 13.7. The molecule has 0 aliphatic rings. The third-order valence-corrected chi connectivity index (χ3v) is 4.57. The molecule has 2 aromatic carbocycles. The molecule has 0 aromatic heterocycles. The molecular weight excluding hydrogens is 276 g/mol. The molecule has 2 nitrogen and oxygen atoms in total. The van der Waals surface area contributed by atoms with Crippen molar-refractivity contribution in [1.29, 1.82) is 0 Å². The number of thioether (sulfide) groups is 1. The van der Waals surface area contributed by atoms with Gasteiger partial charge in [-0.25, -0.2) is 0 Å². The molecule has 112 valence electrons. The van der Waals surface area contributed by atoms with Gasteiger partial charge in [0.25, 0.3) is 0 Å². The smallest absolute Gasteiger partial charge is 0.0420 e. The van der Waals surface area contributed by atoms with Crippen LogP contribution in [0.4, 0.5) is 5.69 Å². The van der Waals surface area contributed by atoms with Crippen molar-refractivity contribution in [2.45, 2.75) is 24.3 Å². The van der Waals surface area contributed by atoms with E-state index in [0.29, 0.717) is 6.54 Å². The summed E-state index contributed by atoms with van der Waals surface area (Å²) >= 11 is 1.77. The van der Waals surface area contributed by atoms with Gasteiger partial charge in [0.05, 0.1) is 0 Å². The molecule has 0 unspecified atom stereocenters. The average molecular weight is 300 g/mol. The van der Waals surface area contributed by atoms with E-state index < -0.39 is 0 Å². The minimum atomic E-state index is 0.593. The summed E-state index contributed by atoms with van der Waals surface area (Å²) in [7, 11) is 2.16. The van der Waals surface area contributed by atoms with Gasteiger partial charge < -0.3 is 10.6 Å². The first-order chi connectivity index (χ1) is 10.3. The molecule has 2 aromatic rings. The summed E-state index contributed by atoms with van der Waals surface area (Å²) in [5.41, 5.74) is 9.87. The molecule has 0 atom stereocenters. The van der Waals surface area contributed by atoms with E-state index in [1.807, 2.05) is 0 Å². The van der Waals surface area contributed by atoms with Gasteiger partial charge in [-0.05, 0) is 36.8 Å². The molecule has 0 amide bonds. The van der Waals surface area contributed by atoms with E-state index in [1.165, 1.54) is 21.7 Å². The van der Waals surface area contributed by atoms with E-state index in [2.05, 4.69) is 66.7 Å². The van der Waals surface area contributed by atoms with Crippen molar-refractivity contribution in [2.24, 2.45) is 5.73 Å². The number of rotatable bonds is 7. The van der Waals surface area contributed by atoms with E-state index in [0.717, 1.165) is 19.4 Å². The molecule has 0 aliphatic heterocycles. The van der Waals surface area contributed by atoms with Gasteiger partial charge in [-0.2, -0.15) is 0 Å². The van der Waals surface area contributed by atoms with Crippen molar-refractivity contribution >= 4 is 17.4 Å². The minimum absolute atomic E-state index is 0.593. The fourth-order valence-corrected chi connectivity index (χ4v) is 3.24. The summed E-state index contributed by atoms with van der Waals surface area (Å²) in [5, 5.41) is 0. The van der Waals surface area contributed by atoms with Crippen LogP contribution < -0.4 is 10.6 Å². The fraction of sp³-hybridized carbons (Fsp3) is 0.333. The van der Waals surface area contributed by atoms with Crippen LogP contribution in [0.2, 0.25) is 0 Å². The predicted octanol–water partition coefficient (Wildman–Crippen LogP) is 3.94. The second-order valence-electron chi connectivity index (χ2n) is 5.17. The number of nitrogens with two attached hydrogens (primary N) is 1. The first-order valence-electron chi connectivity index (χ1n) is 7.37. The van der Waals surface area contributed by atoms with Gasteiger partial charge in [0, 0.05) is 36.3 Å². The predicted molar refractivity (Wildman–Crippen MR) is 94.1 cm³/mol. The summed E-state index contributed by atoms with van der Waals surface area (Å²) in [6, 6.07) is 17.1. The number of aryl methyl sites for hydroxylation is 1. The van der Waals surface area contributed by atoms with E-state index in [1.54, 1.807) is 11.8 Å². The maximum atomic E-state index is 5.94. The van der Waals surface area contributed by atoms with Crippen molar-refractivity contribution in [3.63, 3.8) is 0 Å². The van der Waals surface area contributed by atoms with Gasteiger partial charge in [0.2, 0.25) is 0 Å². The minimum Gasteiger partial charge on any atom is -0.374 e. The SMILES string of the molecule is CSc1cccc(N(C)CCCc2ccccc2)c1CN. The molecule has 0 saturated carbocycles. The lowest BCUT2D eigenvalue weighted by molar-refractivity contribution is 0.779. The average Bonchev–Trinajstić information content (AvgIpc) is 2.54. The van der Waals surface area contributed by atoms with Crippen LogP contribution in [-0.4, -0.2) is 19.8 Å². The first kappa shape index (κ1) is 15.9. The Labute approximate surface area is 132 Å². The zero-order chi connectivity index (χ0) is 15.1. The molecule has 0 radical (unpaired) electrons. The first-order valence-corrected chi connectivity index (χ1v) is 8.59. The summed E-state index contributed by atoms with van der Waals surface area (Å²) in [6.07, 6.45) is 4.37. The molecule has 0 spiro atoms. The quantitative estimate of drug-likeness (QED) is 0.785. The van der Waals surface area contributed by atoms with Gasteiger partial charge in [0.15, 0.2) is 0 Å². The molecule has 21 heavy (non-hydrogen) atoms. The number of nitrogens with zero attached hydrogens (tertiary/aromatic N) is 1. The topological polar surface area (TPSA) is 29.3 Å². The molecule has 0 aliphatic carbocycles. The van der Waals surface area contributed by atoms with E-state index in [-0.39, 0.29) is 0 Å². The molecule has 3 heteroatoms. The van der Waals surface area contributed by atoms with E-state index in [9.17, 15) is 0 Å². The van der Waals surface area contributed by atoms with Crippen LogP contribution in [0.15, 0.2) is 53.4 Å². The largest absolute Gasteiger partial charge is 0.374 e. The Morgan fingerprint density at radius 1 is 1.05 bits per heavy atom. The van der Waals surface area contributed by atoms with Crippen molar-refractivity contribution in [2.75, 3.05) is 24.7 Å². The molecule has 0 bridgehead atoms. The van der Waals surface area contributed by atoms with Crippen molar-refractivity contribution in [3.8, 4) is 0 Å². The van der Waals surface area contributed by atoms with E-state index >= 15 is 0 Å². The normalized spacial score (nSPS) is 10.6. The van der Waals surface area contributed by atoms with Gasteiger partial charge in [-0.15, -0.1) is 11.8 Å². The Bertz CT molecular complexity index is 554. The Hall–Kier alpha value is -1.45. The Kier molecular flexibility index (Phi) is 6.15. The van der Waals surface area contributed by atoms with E-state index in [4.69, 9.17) is 5.73 Å². The third kappa shape index (κ3) is 4.26. The maximum Gasteiger partial charge on any atom is 0.0420 e.